The molecule has 1 aliphatic carbocycles. The molecule has 0 bridgehead atoms. The molecule has 0 radical (unpaired) electrons. The number of thioether (sulfide) groups is 1. The van der Waals surface area contributed by atoms with Gasteiger partial charge in [-0.15, -0.1) is 22.5 Å². The Morgan fingerprint density at radius 2 is 1.94 bits per heavy atom. The molecule has 0 amide bonds. The van der Waals surface area contributed by atoms with E-state index in [0.717, 1.165) is 60.2 Å². The highest BCUT2D eigenvalue weighted by Crippen LogP contribution is 2.61. The predicted octanol–water partition coefficient (Wildman–Crippen LogP) is 6.31. The van der Waals surface area contributed by atoms with Crippen molar-refractivity contribution in [3.63, 3.8) is 0 Å². The van der Waals surface area contributed by atoms with Crippen LogP contribution in [-0.2, 0) is 10.2 Å². The van der Waals surface area contributed by atoms with Gasteiger partial charge in [-0.3, -0.25) is 9.11 Å². The average Bonchev–Trinajstić information content (AvgIpc) is 3.60. The number of benzene rings is 2. The molecule has 1 saturated carbocycles. The van der Waals surface area contributed by atoms with Gasteiger partial charge in [-0.05, 0) is 55.3 Å². The van der Waals surface area contributed by atoms with Crippen molar-refractivity contribution in [2.24, 2.45) is 0 Å². The van der Waals surface area contributed by atoms with Crippen molar-refractivity contribution in [3.8, 4) is 0 Å². The molecule has 5 nitrogen and oxygen atoms in total. The zero-order chi connectivity index (χ0) is 22.2. The molecule has 7 heteroatoms. The zero-order valence-corrected chi connectivity index (χ0v) is 20.1. The second kappa shape index (κ2) is 8.79. The number of nitrogens with zero attached hydrogens (tertiary/aromatic N) is 2. The Hall–Kier alpha value is -1.51. The summed E-state index contributed by atoms with van der Waals surface area (Å²) >= 11 is 1.62. The fourth-order valence-corrected chi connectivity index (χ4v) is 6.81. The molecule has 0 spiro atoms. The summed E-state index contributed by atoms with van der Waals surface area (Å²) in [6.07, 6.45) is 7.67. The summed E-state index contributed by atoms with van der Waals surface area (Å²) in [5.41, 5.74) is 2.31. The SMILES string of the molecule is CCCCC1CN(c2ccccc2)c2cc(SC)c(C3(C=O)CC3)cc2S(O)(O)N1C. The van der Waals surface area contributed by atoms with Crippen LogP contribution in [0.3, 0.4) is 0 Å². The van der Waals surface area contributed by atoms with Gasteiger partial charge >= 0.3 is 0 Å². The van der Waals surface area contributed by atoms with Crippen molar-refractivity contribution >= 4 is 40.2 Å². The van der Waals surface area contributed by atoms with Crippen molar-refractivity contribution in [1.82, 2.24) is 4.31 Å². The number of anilines is 2. The van der Waals surface area contributed by atoms with Crippen LogP contribution >= 0.6 is 22.5 Å². The number of hydrogen-bond acceptors (Lipinski definition) is 6. The quantitative estimate of drug-likeness (QED) is 0.373. The molecule has 0 aromatic heterocycles. The minimum absolute atomic E-state index is 0.000285. The van der Waals surface area contributed by atoms with Crippen molar-refractivity contribution in [2.75, 3.05) is 24.7 Å². The van der Waals surface area contributed by atoms with Crippen LogP contribution in [0, 0.1) is 0 Å². The summed E-state index contributed by atoms with van der Waals surface area (Å²) in [6, 6.07) is 14.1. The average molecular weight is 461 g/mol. The highest BCUT2D eigenvalue weighted by atomic mass is 32.3. The van der Waals surface area contributed by atoms with Crippen molar-refractivity contribution in [3.05, 3.63) is 48.0 Å². The van der Waals surface area contributed by atoms with Gasteiger partial charge in [0, 0.05) is 30.2 Å². The fraction of sp³-hybridized carbons (Fsp3) is 0.458. The van der Waals surface area contributed by atoms with Crippen LogP contribution < -0.4 is 4.90 Å². The highest BCUT2D eigenvalue weighted by molar-refractivity contribution is 8.22. The molecule has 0 saturated heterocycles. The number of carbonyl (C=O) groups excluding carboxylic acids is 1. The van der Waals surface area contributed by atoms with Gasteiger partial charge in [0.05, 0.1) is 16.0 Å². The fourth-order valence-electron chi connectivity index (χ4n) is 4.48. The molecule has 2 aromatic carbocycles. The van der Waals surface area contributed by atoms with Crippen molar-refractivity contribution < 1.29 is 13.9 Å². The Morgan fingerprint density at radius 1 is 1.23 bits per heavy atom. The van der Waals surface area contributed by atoms with Crippen LogP contribution in [-0.4, -0.2) is 45.6 Å². The second-order valence-electron chi connectivity index (χ2n) is 8.60. The third-order valence-corrected chi connectivity index (χ3v) is 9.48. The first kappa shape index (κ1) is 22.7. The molecule has 1 heterocycles. The molecule has 1 fully saturated rings. The van der Waals surface area contributed by atoms with E-state index in [4.69, 9.17) is 0 Å². The normalized spacial score (nSPS) is 23.0. The molecular weight excluding hydrogens is 428 g/mol. The maximum absolute atomic E-state index is 11.9. The largest absolute Gasteiger partial charge is 0.338 e. The lowest BCUT2D eigenvalue weighted by atomic mass is 9.97. The van der Waals surface area contributed by atoms with Gasteiger partial charge in [-0.25, -0.2) is 4.31 Å². The Morgan fingerprint density at radius 3 is 2.52 bits per heavy atom. The van der Waals surface area contributed by atoms with E-state index in [1.54, 1.807) is 16.1 Å². The van der Waals surface area contributed by atoms with Crippen LogP contribution in [0.4, 0.5) is 11.4 Å². The first-order valence-corrected chi connectivity index (χ1v) is 13.6. The molecule has 4 rings (SSSR count). The van der Waals surface area contributed by atoms with Gasteiger partial charge in [0.1, 0.15) is 6.29 Å². The number of carbonyl (C=O) groups is 1. The lowest BCUT2D eigenvalue weighted by molar-refractivity contribution is -0.109. The zero-order valence-electron chi connectivity index (χ0n) is 18.5. The van der Waals surface area contributed by atoms with Gasteiger partial charge in [-0.2, -0.15) is 0 Å². The van der Waals surface area contributed by atoms with Gasteiger partial charge in [-0.1, -0.05) is 38.0 Å². The lowest BCUT2D eigenvalue weighted by Gasteiger charge is -2.43. The highest BCUT2D eigenvalue weighted by Gasteiger charge is 2.47. The molecule has 31 heavy (non-hydrogen) atoms. The Kier molecular flexibility index (Phi) is 6.43. The van der Waals surface area contributed by atoms with E-state index >= 15 is 0 Å². The molecule has 1 atom stereocenters. The summed E-state index contributed by atoms with van der Waals surface area (Å²) < 4.78 is 24.8. The number of likely N-dealkylation sites (N-methyl/N-ethyl adjacent to an activating group) is 1. The number of unbranched alkanes of at least 4 members (excludes halogenated alkanes) is 1. The van der Waals surface area contributed by atoms with E-state index in [0.29, 0.717) is 11.4 Å². The van der Waals surface area contributed by atoms with E-state index in [2.05, 4.69) is 30.0 Å². The van der Waals surface area contributed by atoms with Gasteiger partial charge < -0.3 is 9.69 Å². The first-order valence-electron chi connectivity index (χ1n) is 10.9. The van der Waals surface area contributed by atoms with Crippen LogP contribution in [0.2, 0.25) is 0 Å². The van der Waals surface area contributed by atoms with Gasteiger partial charge in [0.15, 0.2) is 0 Å². The number of rotatable bonds is 7. The maximum Gasteiger partial charge on any atom is 0.130 e. The van der Waals surface area contributed by atoms with Crippen LogP contribution in [0.1, 0.15) is 44.6 Å². The minimum atomic E-state index is -3.20. The topological polar surface area (TPSA) is 64.0 Å². The first-order chi connectivity index (χ1) is 14.9. The Balaban J connectivity index is 1.93. The third kappa shape index (κ3) is 4.02. The van der Waals surface area contributed by atoms with E-state index in [-0.39, 0.29) is 6.04 Å². The molecule has 2 aromatic rings. The molecule has 2 aliphatic rings. The molecule has 2 N–H and O–H groups in total. The standard InChI is InChI=1S/C24H32N2O3S2/c1-4-5-9-19-16-26(18-10-7-6-8-11-18)21-15-22(30-3)20(24(17-27)12-13-24)14-23(21)31(28,29)25(19)2/h6-8,10-11,14-15,17,19,28-29H,4-5,9,12-13,16H2,1-3H3. The van der Waals surface area contributed by atoms with E-state index in [1.807, 2.05) is 37.6 Å². The maximum atomic E-state index is 11.9. The minimum Gasteiger partial charge on any atom is -0.338 e. The smallest absolute Gasteiger partial charge is 0.130 e. The summed E-state index contributed by atoms with van der Waals surface area (Å²) in [6.45, 7) is 2.83. The third-order valence-electron chi connectivity index (χ3n) is 6.69. The summed E-state index contributed by atoms with van der Waals surface area (Å²) in [4.78, 5) is 15.7. The van der Waals surface area contributed by atoms with E-state index < -0.39 is 16.2 Å². The number of aldehydes is 1. The van der Waals surface area contributed by atoms with Crippen molar-refractivity contribution in [2.45, 2.75) is 60.3 Å². The second-order valence-corrected chi connectivity index (χ2v) is 11.5. The molecule has 1 aliphatic heterocycles. The lowest BCUT2D eigenvalue weighted by Crippen LogP contribution is -2.39. The van der Waals surface area contributed by atoms with Gasteiger partial charge in [0.25, 0.3) is 0 Å². The molecule has 168 valence electrons. The van der Waals surface area contributed by atoms with Gasteiger partial charge in [0.2, 0.25) is 0 Å². The Bertz CT molecular complexity index is 947. The summed E-state index contributed by atoms with van der Waals surface area (Å²) in [5, 5.41) is 0. The monoisotopic (exact) mass is 460 g/mol. The number of fused-ring (bicyclic) bond motifs is 1. The van der Waals surface area contributed by atoms with E-state index in [1.165, 1.54) is 0 Å². The van der Waals surface area contributed by atoms with Crippen LogP contribution in [0.15, 0.2) is 52.3 Å². The summed E-state index contributed by atoms with van der Waals surface area (Å²) in [7, 11) is -1.38. The molecule has 1 unspecified atom stereocenters. The van der Waals surface area contributed by atoms with Crippen LogP contribution in [0.5, 0.6) is 0 Å². The van der Waals surface area contributed by atoms with E-state index in [9.17, 15) is 13.9 Å². The number of para-hydroxylation sites is 1. The van der Waals surface area contributed by atoms with Crippen LogP contribution in [0.25, 0.3) is 0 Å². The van der Waals surface area contributed by atoms with Crippen molar-refractivity contribution in [1.29, 1.82) is 0 Å². The summed E-state index contributed by atoms with van der Waals surface area (Å²) in [5.74, 6) is 0. The predicted molar refractivity (Wildman–Crippen MR) is 131 cm³/mol. The number of hydrogen-bond donors (Lipinski definition) is 2. The molecular formula is C24H32N2O3S2. The Labute approximate surface area is 191 Å².